The molecule has 23 heavy (non-hydrogen) atoms. The van der Waals surface area contributed by atoms with Crippen LogP contribution in [0.3, 0.4) is 0 Å². The Morgan fingerprint density at radius 2 is 2.09 bits per heavy atom. The number of halogens is 2. The molecule has 0 aromatic heterocycles. The highest BCUT2D eigenvalue weighted by atomic mass is 19.1. The molecule has 2 atom stereocenters. The molecule has 1 aliphatic rings. The van der Waals surface area contributed by atoms with Crippen molar-refractivity contribution in [3.63, 3.8) is 0 Å². The average molecular weight is 327 g/mol. The van der Waals surface area contributed by atoms with E-state index in [9.17, 15) is 18.4 Å². The van der Waals surface area contributed by atoms with Crippen LogP contribution < -0.4 is 10.1 Å². The maximum atomic E-state index is 13.3. The fourth-order valence-electron chi connectivity index (χ4n) is 2.64. The largest absolute Gasteiger partial charge is 0.491 e. The van der Waals surface area contributed by atoms with Gasteiger partial charge in [0.2, 0.25) is 5.91 Å². The number of rotatable bonds is 7. The molecule has 7 heteroatoms. The van der Waals surface area contributed by atoms with Gasteiger partial charge in [0.05, 0.1) is 12.5 Å². The molecule has 1 amide bonds. The monoisotopic (exact) mass is 327 g/mol. The van der Waals surface area contributed by atoms with Gasteiger partial charge in [0.15, 0.2) is 11.6 Å². The molecular formula is C16H19F2NO4. The van der Waals surface area contributed by atoms with Gasteiger partial charge in [-0.25, -0.2) is 8.78 Å². The first-order valence-electron chi connectivity index (χ1n) is 7.55. The molecule has 126 valence electrons. The van der Waals surface area contributed by atoms with Crippen molar-refractivity contribution in [1.82, 2.24) is 5.32 Å². The summed E-state index contributed by atoms with van der Waals surface area (Å²) in [6, 6.07) is 2.94. The molecule has 0 spiro atoms. The number of nitrogens with one attached hydrogen (secondary N) is 1. The molecule has 0 heterocycles. The quantitative estimate of drug-likeness (QED) is 0.755. The highest BCUT2D eigenvalue weighted by Crippen LogP contribution is 2.25. The van der Waals surface area contributed by atoms with Crippen LogP contribution >= 0.6 is 0 Å². The second kappa shape index (κ2) is 7.89. The molecule has 0 saturated heterocycles. The Balaban J connectivity index is 1.64. The first-order chi connectivity index (χ1) is 11.0. The third-order valence-corrected chi connectivity index (χ3v) is 3.85. The third-order valence-electron chi connectivity index (χ3n) is 3.85. The van der Waals surface area contributed by atoms with Gasteiger partial charge in [0.25, 0.3) is 0 Å². The highest BCUT2D eigenvalue weighted by molar-refractivity contribution is 5.76. The molecule has 0 unspecified atom stereocenters. The number of ether oxygens (including phenoxy) is 1. The minimum atomic E-state index is -0.823. The molecule has 5 nitrogen and oxygen atoms in total. The molecule has 1 aliphatic carbocycles. The minimum absolute atomic E-state index is 0.0492. The smallest absolute Gasteiger partial charge is 0.306 e. The summed E-state index contributed by atoms with van der Waals surface area (Å²) in [6.45, 7) is 0.137. The topological polar surface area (TPSA) is 75.6 Å². The van der Waals surface area contributed by atoms with Crippen LogP contribution in [0.15, 0.2) is 18.2 Å². The van der Waals surface area contributed by atoms with Gasteiger partial charge >= 0.3 is 5.97 Å². The Morgan fingerprint density at radius 1 is 1.30 bits per heavy atom. The van der Waals surface area contributed by atoms with Crippen molar-refractivity contribution in [2.75, 3.05) is 6.61 Å². The van der Waals surface area contributed by atoms with Gasteiger partial charge < -0.3 is 15.2 Å². The fraction of sp³-hybridized carbons (Fsp3) is 0.500. The van der Waals surface area contributed by atoms with Crippen molar-refractivity contribution in [3.8, 4) is 5.75 Å². The number of benzene rings is 1. The fourth-order valence-corrected chi connectivity index (χ4v) is 2.64. The van der Waals surface area contributed by atoms with Gasteiger partial charge in [-0.3, -0.25) is 9.59 Å². The zero-order valence-electron chi connectivity index (χ0n) is 12.6. The van der Waals surface area contributed by atoms with Gasteiger partial charge in [-0.1, -0.05) is 0 Å². The number of aliphatic carboxylic acids is 1. The Kier molecular flexibility index (Phi) is 5.90. The molecule has 0 aliphatic heterocycles. The lowest BCUT2D eigenvalue weighted by atomic mass is 10.1. The lowest BCUT2D eigenvalue weighted by Gasteiger charge is -2.12. The van der Waals surface area contributed by atoms with Crippen LogP contribution in [-0.4, -0.2) is 29.6 Å². The van der Waals surface area contributed by atoms with Crippen molar-refractivity contribution in [1.29, 1.82) is 0 Å². The predicted octanol–water partition coefficient (Wildman–Crippen LogP) is 2.49. The van der Waals surface area contributed by atoms with E-state index in [-0.39, 0.29) is 36.6 Å². The Morgan fingerprint density at radius 3 is 2.74 bits per heavy atom. The second-order valence-electron chi connectivity index (χ2n) is 5.64. The van der Waals surface area contributed by atoms with Crippen LogP contribution in [0.1, 0.15) is 32.1 Å². The van der Waals surface area contributed by atoms with Crippen LogP contribution in [0.5, 0.6) is 5.75 Å². The summed E-state index contributed by atoms with van der Waals surface area (Å²) >= 11 is 0. The summed E-state index contributed by atoms with van der Waals surface area (Å²) in [6.07, 6.45) is 2.29. The van der Waals surface area contributed by atoms with Gasteiger partial charge in [-0.05, 0) is 37.8 Å². The SMILES string of the molecule is O=C(CCCOc1ccc(F)cc1F)N[C@H]1CC[C@@H](C(=O)O)C1. The second-order valence-corrected chi connectivity index (χ2v) is 5.64. The Labute approximate surface area is 132 Å². The molecule has 1 saturated carbocycles. The summed E-state index contributed by atoms with van der Waals surface area (Å²) in [5.41, 5.74) is 0. The van der Waals surface area contributed by atoms with E-state index in [4.69, 9.17) is 9.84 Å². The molecule has 1 fully saturated rings. The standard InChI is InChI=1S/C16H19F2NO4/c17-11-4-6-14(13(18)9-11)23-7-1-2-15(20)19-12-5-3-10(8-12)16(21)22/h4,6,9-10,12H,1-3,5,7-8H2,(H,19,20)(H,21,22)/t10-,12+/m1/s1. The maximum Gasteiger partial charge on any atom is 0.306 e. The summed E-state index contributed by atoms with van der Waals surface area (Å²) in [5.74, 6) is -2.89. The van der Waals surface area contributed by atoms with Gasteiger partial charge in [0, 0.05) is 18.5 Å². The number of hydrogen-bond donors (Lipinski definition) is 2. The van der Waals surface area contributed by atoms with E-state index < -0.39 is 17.6 Å². The minimum Gasteiger partial charge on any atom is -0.491 e. The molecule has 2 N–H and O–H groups in total. The van der Waals surface area contributed by atoms with E-state index in [0.717, 1.165) is 12.1 Å². The predicted molar refractivity (Wildman–Crippen MR) is 78.0 cm³/mol. The van der Waals surface area contributed by atoms with Crippen molar-refractivity contribution in [2.24, 2.45) is 5.92 Å². The van der Waals surface area contributed by atoms with Crippen LogP contribution in [0, 0.1) is 17.6 Å². The summed E-state index contributed by atoms with van der Waals surface area (Å²) in [5, 5.41) is 11.7. The molecule has 1 aromatic carbocycles. The van der Waals surface area contributed by atoms with E-state index in [1.165, 1.54) is 6.07 Å². The van der Waals surface area contributed by atoms with E-state index in [1.54, 1.807) is 0 Å². The van der Waals surface area contributed by atoms with Gasteiger partial charge in [-0.15, -0.1) is 0 Å². The number of carboxylic acid groups (broad SMARTS) is 1. The number of amides is 1. The first kappa shape index (κ1) is 17.2. The van der Waals surface area contributed by atoms with E-state index in [0.29, 0.717) is 25.7 Å². The molecule has 1 aromatic rings. The van der Waals surface area contributed by atoms with Crippen molar-refractivity contribution in [3.05, 3.63) is 29.8 Å². The number of carbonyl (C=O) groups excluding carboxylic acids is 1. The molecule has 0 radical (unpaired) electrons. The zero-order valence-corrected chi connectivity index (χ0v) is 12.6. The van der Waals surface area contributed by atoms with E-state index in [1.807, 2.05) is 0 Å². The normalized spacial score (nSPS) is 20.3. The maximum absolute atomic E-state index is 13.3. The first-order valence-corrected chi connectivity index (χ1v) is 7.55. The molecular weight excluding hydrogens is 308 g/mol. The summed E-state index contributed by atoms with van der Waals surface area (Å²) in [4.78, 5) is 22.6. The average Bonchev–Trinajstić information content (AvgIpc) is 2.94. The summed E-state index contributed by atoms with van der Waals surface area (Å²) in [7, 11) is 0. The number of hydrogen-bond acceptors (Lipinski definition) is 3. The van der Waals surface area contributed by atoms with E-state index >= 15 is 0 Å². The van der Waals surface area contributed by atoms with Gasteiger partial charge in [0.1, 0.15) is 5.82 Å². The van der Waals surface area contributed by atoms with Crippen LogP contribution in [0.2, 0.25) is 0 Å². The van der Waals surface area contributed by atoms with Crippen LogP contribution in [0.25, 0.3) is 0 Å². The van der Waals surface area contributed by atoms with Crippen molar-refractivity contribution < 1.29 is 28.2 Å². The van der Waals surface area contributed by atoms with Crippen molar-refractivity contribution in [2.45, 2.75) is 38.1 Å². The number of carboxylic acids is 1. The Bertz CT molecular complexity index is 579. The Hall–Kier alpha value is -2.18. The molecule has 2 rings (SSSR count). The zero-order chi connectivity index (χ0) is 16.8. The lowest BCUT2D eigenvalue weighted by Crippen LogP contribution is -2.33. The third kappa shape index (κ3) is 5.19. The molecule has 0 bridgehead atoms. The van der Waals surface area contributed by atoms with Crippen LogP contribution in [-0.2, 0) is 9.59 Å². The summed E-state index contributed by atoms with van der Waals surface area (Å²) < 4.78 is 31.2. The number of carbonyl (C=O) groups is 2. The van der Waals surface area contributed by atoms with Crippen LogP contribution in [0.4, 0.5) is 8.78 Å². The van der Waals surface area contributed by atoms with E-state index in [2.05, 4.69) is 5.32 Å². The van der Waals surface area contributed by atoms with Crippen molar-refractivity contribution >= 4 is 11.9 Å². The lowest BCUT2D eigenvalue weighted by molar-refractivity contribution is -0.141. The highest BCUT2D eigenvalue weighted by Gasteiger charge is 2.30. The van der Waals surface area contributed by atoms with Gasteiger partial charge in [-0.2, -0.15) is 0 Å².